The van der Waals surface area contributed by atoms with Gasteiger partial charge in [0.2, 0.25) is 5.91 Å². The van der Waals surface area contributed by atoms with Gasteiger partial charge in [-0.2, -0.15) is 0 Å². The molecule has 1 aliphatic rings. The van der Waals surface area contributed by atoms with Crippen molar-refractivity contribution in [2.45, 2.75) is 30.2 Å². The minimum absolute atomic E-state index is 0.0453. The molecule has 0 radical (unpaired) electrons. The number of carbonyl (C=O) groups is 1. The Morgan fingerprint density at radius 1 is 1.04 bits per heavy atom. The number of carbonyl (C=O) groups excluding carboxylic acids is 1. The number of amides is 1. The Bertz CT molecular complexity index is 628. The molecular weight excluding hydrogens is 306 g/mol. The molecule has 1 amide bonds. The van der Waals surface area contributed by atoms with E-state index >= 15 is 0 Å². The van der Waals surface area contributed by atoms with Crippen LogP contribution in [-0.2, 0) is 4.79 Å². The summed E-state index contributed by atoms with van der Waals surface area (Å²) >= 11 is 1.49. The number of rotatable bonds is 7. The van der Waals surface area contributed by atoms with E-state index < -0.39 is 6.10 Å². The molecule has 2 N–H and O–H groups in total. The largest absolute Gasteiger partial charge is 0.388 e. The molecule has 0 unspecified atom stereocenters. The lowest BCUT2D eigenvalue weighted by Gasteiger charge is -2.19. The van der Waals surface area contributed by atoms with Crippen LogP contribution in [0.4, 0.5) is 0 Å². The normalized spacial score (nSPS) is 16.6. The Kier molecular flexibility index (Phi) is 5.36. The van der Waals surface area contributed by atoms with Gasteiger partial charge in [0.1, 0.15) is 5.25 Å². The molecule has 1 fully saturated rings. The summed E-state index contributed by atoms with van der Waals surface area (Å²) in [5.41, 5.74) is 1.87. The number of aliphatic hydroxyl groups excluding tert-OH is 1. The van der Waals surface area contributed by atoms with Crippen LogP contribution in [0.3, 0.4) is 0 Å². The second-order valence-corrected chi connectivity index (χ2v) is 6.97. The molecule has 2 atom stereocenters. The highest BCUT2D eigenvalue weighted by Crippen LogP contribution is 2.33. The molecule has 1 aliphatic carbocycles. The number of nitrogens with one attached hydrogen (secondary N) is 1. The van der Waals surface area contributed by atoms with Crippen LogP contribution in [0.2, 0.25) is 0 Å². The average Bonchev–Trinajstić information content (AvgIpc) is 3.40. The van der Waals surface area contributed by atoms with Gasteiger partial charge in [-0.3, -0.25) is 4.79 Å². The van der Waals surface area contributed by atoms with Crippen molar-refractivity contribution < 1.29 is 9.90 Å². The van der Waals surface area contributed by atoms with Crippen LogP contribution in [0.25, 0.3) is 0 Å². The predicted molar refractivity (Wildman–Crippen MR) is 94.2 cm³/mol. The van der Waals surface area contributed by atoms with Crippen molar-refractivity contribution in [1.82, 2.24) is 5.32 Å². The molecule has 2 aromatic rings. The van der Waals surface area contributed by atoms with Crippen molar-refractivity contribution in [2.24, 2.45) is 0 Å². The smallest absolute Gasteiger partial charge is 0.237 e. The molecule has 4 heteroatoms. The number of aliphatic hydroxyl groups is 1. The van der Waals surface area contributed by atoms with E-state index in [1.807, 2.05) is 60.7 Å². The van der Waals surface area contributed by atoms with Crippen molar-refractivity contribution in [1.29, 1.82) is 0 Å². The first-order valence-corrected chi connectivity index (χ1v) is 8.99. The lowest BCUT2D eigenvalue weighted by atomic mass is 10.1. The molecule has 120 valence electrons. The summed E-state index contributed by atoms with van der Waals surface area (Å²) in [6.45, 7) is 0. The zero-order valence-corrected chi connectivity index (χ0v) is 13.7. The highest BCUT2D eigenvalue weighted by Gasteiger charge is 2.29. The lowest BCUT2D eigenvalue weighted by molar-refractivity contribution is -0.120. The van der Waals surface area contributed by atoms with E-state index in [1.165, 1.54) is 11.8 Å². The van der Waals surface area contributed by atoms with E-state index in [2.05, 4.69) is 5.32 Å². The average molecular weight is 327 g/mol. The van der Waals surface area contributed by atoms with Crippen LogP contribution < -0.4 is 5.32 Å². The Balaban J connectivity index is 1.67. The molecule has 23 heavy (non-hydrogen) atoms. The minimum atomic E-state index is -0.568. The van der Waals surface area contributed by atoms with E-state index in [-0.39, 0.29) is 11.2 Å². The van der Waals surface area contributed by atoms with Crippen molar-refractivity contribution in [2.75, 3.05) is 5.75 Å². The highest BCUT2D eigenvalue weighted by molar-refractivity contribution is 8.00. The summed E-state index contributed by atoms with van der Waals surface area (Å²) in [5, 5.41) is 13.1. The first-order valence-electron chi connectivity index (χ1n) is 7.94. The predicted octanol–water partition coefficient (Wildman–Crippen LogP) is 3.47. The van der Waals surface area contributed by atoms with Crippen molar-refractivity contribution in [3.63, 3.8) is 0 Å². The molecule has 0 bridgehead atoms. The zero-order chi connectivity index (χ0) is 16.1. The summed E-state index contributed by atoms with van der Waals surface area (Å²) in [6.07, 6.45) is 1.58. The summed E-state index contributed by atoms with van der Waals surface area (Å²) in [4.78, 5) is 12.5. The second-order valence-electron chi connectivity index (χ2n) is 5.83. The minimum Gasteiger partial charge on any atom is -0.388 e. The van der Waals surface area contributed by atoms with Crippen molar-refractivity contribution in [3.8, 4) is 0 Å². The van der Waals surface area contributed by atoms with Crippen LogP contribution in [0, 0.1) is 0 Å². The van der Waals surface area contributed by atoms with Gasteiger partial charge < -0.3 is 10.4 Å². The first-order chi connectivity index (χ1) is 11.2. The lowest BCUT2D eigenvalue weighted by Crippen LogP contribution is -2.30. The number of hydrogen-bond acceptors (Lipinski definition) is 3. The molecule has 3 nitrogen and oxygen atoms in total. The van der Waals surface area contributed by atoms with Crippen molar-refractivity contribution in [3.05, 3.63) is 71.8 Å². The monoisotopic (exact) mass is 327 g/mol. The van der Waals surface area contributed by atoms with Gasteiger partial charge in [0.05, 0.1) is 6.10 Å². The molecule has 0 heterocycles. The fourth-order valence-electron chi connectivity index (χ4n) is 2.41. The standard InChI is InChI=1S/C19H21NO2S/c21-17(14-7-3-1-4-8-14)13-23-18(15-9-5-2-6-10-15)19(22)20-16-11-12-16/h1-10,16-18,21H,11-13H2,(H,20,22)/t17-,18-/m1/s1. The topological polar surface area (TPSA) is 49.3 Å². The SMILES string of the molecule is O=C(NC1CC1)[C@H](SC[C@@H](O)c1ccccc1)c1ccccc1. The maximum absolute atomic E-state index is 12.5. The highest BCUT2D eigenvalue weighted by atomic mass is 32.2. The second kappa shape index (κ2) is 7.66. The van der Waals surface area contributed by atoms with Crippen LogP contribution >= 0.6 is 11.8 Å². The Labute approximate surface area is 141 Å². The van der Waals surface area contributed by atoms with Gasteiger partial charge >= 0.3 is 0 Å². The first kappa shape index (κ1) is 16.1. The van der Waals surface area contributed by atoms with Gasteiger partial charge in [-0.25, -0.2) is 0 Å². The molecule has 0 aromatic heterocycles. The summed E-state index contributed by atoms with van der Waals surface area (Å²) in [7, 11) is 0. The molecule has 0 aliphatic heterocycles. The fourth-order valence-corrected chi connectivity index (χ4v) is 3.55. The maximum atomic E-state index is 12.5. The number of benzene rings is 2. The van der Waals surface area contributed by atoms with Gasteiger partial charge in [-0.1, -0.05) is 60.7 Å². The van der Waals surface area contributed by atoms with E-state index in [1.54, 1.807) is 0 Å². The number of thioether (sulfide) groups is 1. The van der Waals surface area contributed by atoms with Gasteiger partial charge in [0.25, 0.3) is 0 Å². The molecule has 2 aromatic carbocycles. The van der Waals surface area contributed by atoms with E-state index in [0.717, 1.165) is 24.0 Å². The third-order valence-corrected chi connectivity index (χ3v) is 5.20. The van der Waals surface area contributed by atoms with Gasteiger partial charge in [0, 0.05) is 11.8 Å². The third-order valence-electron chi connectivity index (χ3n) is 3.87. The van der Waals surface area contributed by atoms with Crippen LogP contribution in [0.1, 0.15) is 35.3 Å². The quantitative estimate of drug-likeness (QED) is 0.818. The van der Waals surface area contributed by atoms with E-state index in [9.17, 15) is 9.90 Å². The molecule has 3 rings (SSSR count). The Morgan fingerprint density at radius 3 is 2.17 bits per heavy atom. The summed E-state index contributed by atoms with van der Waals surface area (Å²) in [6, 6.07) is 19.7. The van der Waals surface area contributed by atoms with Crippen LogP contribution in [0.5, 0.6) is 0 Å². The Hall–Kier alpha value is -1.78. The third kappa shape index (κ3) is 4.60. The van der Waals surface area contributed by atoms with Crippen LogP contribution in [0.15, 0.2) is 60.7 Å². The maximum Gasteiger partial charge on any atom is 0.237 e. The zero-order valence-electron chi connectivity index (χ0n) is 12.9. The van der Waals surface area contributed by atoms with Gasteiger partial charge in [-0.05, 0) is 24.0 Å². The summed E-state index contributed by atoms with van der Waals surface area (Å²) in [5.74, 6) is 0.533. The van der Waals surface area contributed by atoms with Gasteiger partial charge in [-0.15, -0.1) is 11.8 Å². The fraction of sp³-hybridized carbons (Fsp3) is 0.316. The Morgan fingerprint density at radius 2 is 1.61 bits per heavy atom. The number of hydrogen-bond donors (Lipinski definition) is 2. The molecule has 0 saturated heterocycles. The summed E-state index contributed by atoms with van der Waals surface area (Å²) < 4.78 is 0. The van der Waals surface area contributed by atoms with Crippen LogP contribution in [-0.4, -0.2) is 22.8 Å². The van der Waals surface area contributed by atoms with E-state index in [4.69, 9.17) is 0 Å². The molecular formula is C19H21NO2S. The van der Waals surface area contributed by atoms with E-state index in [0.29, 0.717) is 11.8 Å². The molecule has 1 saturated carbocycles. The molecule has 0 spiro atoms. The van der Waals surface area contributed by atoms with Crippen molar-refractivity contribution >= 4 is 17.7 Å². The van der Waals surface area contributed by atoms with Gasteiger partial charge in [0.15, 0.2) is 0 Å².